The summed E-state index contributed by atoms with van der Waals surface area (Å²) in [5, 5.41) is 14.3. The van der Waals surface area contributed by atoms with Crippen molar-refractivity contribution >= 4 is 17.7 Å². The molecule has 1 fully saturated rings. The molecular weight excluding hydrogens is 332 g/mol. The first-order valence-electron chi connectivity index (χ1n) is 9.37. The van der Waals surface area contributed by atoms with Gasteiger partial charge in [0, 0.05) is 44.5 Å². The van der Waals surface area contributed by atoms with Crippen molar-refractivity contribution in [3.63, 3.8) is 0 Å². The molecule has 0 aromatic heterocycles. The molecule has 7 heteroatoms. The van der Waals surface area contributed by atoms with Crippen LogP contribution in [0.15, 0.2) is 30.3 Å². The second kappa shape index (κ2) is 10.7. The zero-order valence-corrected chi connectivity index (χ0v) is 15.5. The molecule has 0 spiro atoms. The number of urea groups is 1. The summed E-state index contributed by atoms with van der Waals surface area (Å²) in [7, 11) is 0. The second-order valence-electron chi connectivity index (χ2n) is 6.62. The molecule has 1 heterocycles. The summed E-state index contributed by atoms with van der Waals surface area (Å²) < 4.78 is 0. The SMILES string of the molecule is CCC(CC(=O)O)NC(=O)NCCCN1CCN(c2ccccc2)CC1. The summed E-state index contributed by atoms with van der Waals surface area (Å²) >= 11 is 0. The second-order valence-corrected chi connectivity index (χ2v) is 6.62. The van der Waals surface area contributed by atoms with Gasteiger partial charge in [-0.05, 0) is 31.5 Å². The van der Waals surface area contributed by atoms with Gasteiger partial charge in [0.2, 0.25) is 0 Å². The maximum Gasteiger partial charge on any atom is 0.315 e. The van der Waals surface area contributed by atoms with Gasteiger partial charge in [-0.1, -0.05) is 25.1 Å². The Morgan fingerprint density at radius 2 is 1.85 bits per heavy atom. The quantitative estimate of drug-likeness (QED) is 0.583. The molecule has 3 N–H and O–H groups in total. The molecule has 2 rings (SSSR count). The number of hydrogen-bond donors (Lipinski definition) is 3. The third kappa shape index (κ3) is 6.92. The number of hydrogen-bond acceptors (Lipinski definition) is 4. The molecule has 7 nitrogen and oxygen atoms in total. The van der Waals surface area contributed by atoms with E-state index in [4.69, 9.17) is 5.11 Å². The maximum atomic E-state index is 11.8. The van der Waals surface area contributed by atoms with Crippen molar-refractivity contribution in [2.24, 2.45) is 0 Å². The lowest BCUT2D eigenvalue weighted by atomic mass is 10.1. The number of rotatable bonds is 9. The van der Waals surface area contributed by atoms with E-state index >= 15 is 0 Å². The standard InChI is InChI=1S/C19H30N4O3/c1-2-16(15-18(24)25)21-19(26)20-9-6-10-22-11-13-23(14-12-22)17-7-4-3-5-8-17/h3-5,7-8,16H,2,6,9-15H2,1H3,(H,24,25)(H2,20,21,26). The molecule has 1 aliphatic rings. The van der Waals surface area contributed by atoms with E-state index in [0.717, 1.165) is 39.1 Å². The fourth-order valence-electron chi connectivity index (χ4n) is 3.12. The molecule has 0 saturated carbocycles. The Morgan fingerprint density at radius 3 is 2.46 bits per heavy atom. The predicted molar refractivity (Wildman–Crippen MR) is 103 cm³/mol. The maximum absolute atomic E-state index is 11.8. The fraction of sp³-hybridized carbons (Fsp3) is 0.579. The molecule has 1 aromatic carbocycles. The van der Waals surface area contributed by atoms with E-state index < -0.39 is 5.97 Å². The van der Waals surface area contributed by atoms with E-state index in [9.17, 15) is 9.59 Å². The Morgan fingerprint density at radius 1 is 1.15 bits per heavy atom. The highest BCUT2D eigenvalue weighted by Gasteiger charge is 2.17. The van der Waals surface area contributed by atoms with Gasteiger partial charge in [0.25, 0.3) is 0 Å². The Kier molecular flexibility index (Phi) is 8.21. The Balaban J connectivity index is 1.58. The number of para-hydroxylation sites is 1. The molecule has 1 atom stereocenters. The molecule has 26 heavy (non-hydrogen) atoms. The van der Waals surface area contributed by atoms with Gasteiger partial charge in [-0.25, -0.2) is 4.79 Å². The first-order chi connectivity index (χ1) is 12.6. The molecule has 144 valence electrons. The molecule has 1 aliphatic heterocycles. The fourth-order valence-corrected chi connectivity index (χ4v) is 3.12. The normalized spacial score (nSPS) is 16.1. The van der Waals surface area contributed by atoms with Crippen molar-refractivity contribution in [2.45, 2.75) is 32.2 Å². The summed E-state index contributed by atoms with van der Waals surface area (Å²) in [4.78, 5) is 27.3. The number of carboxylic acids is 1. The number of nitrogens with one attached hydrogen (secondary N) is 2. The van der Waals surface area contributed by atoms with Crippen molar-refractivity contribution in [3.05, 3.63) is 30.3 Å². The van der Waals surface area contributed by atoms with Crippen LogP contribution in [0.1, 0.15) is 26.2 Å². The van der Waals surface area contributed by atoms with Crippen molar-refractivity contribution in [3.8, 4) is 0 Å². The van der Waals surface area contributed by atoms with Crippen LogP contribution in [0, 0.1) is 0 Å². The average molecular weight is 362 g/mol. The Labute approximate surface area is 155 Å². The minimum atomic E-state index is -0.896. The van der Waals surface area contributed by atoms with E-state index in [1.807, 2.05) is 13.0 Å². The number of nitrogens with zero attached hydrogens (tertiary/aromatic N) is 2. The van der Waals surface area contributed by atoms with Gasteiger partial charge < -0.3 is 20.6 Å². The van der Waals surface area contributed by atoms with Crippen LogP contribution in [0.3, 0.4) is 0 Å². The van der Waals surface area contributed by atoms with Gasteiger partial charge in [0.05, 0.1) is 6.42 Å². The summed E-state index contributed by atoms with van der Waals surface area (Å²) in [6, 6.07) is 9.85. The van der Waals surface area contributed by atoms with Crippen LogP contribution >= 0.6 is 0 Å². The molecule has 0 bridgehead atoms. The third-order valence-electron chi connectivity index (χ3n) is 4.68. The van der Waals surface area contributed by atoms with Crippen molar-refractivity contribution in [1.29, 1.82) is 0 Å². The Hall–Kier alpha value is -2.28. The first-order valence-corrected chi connectivity index (χ1v) is 9.37. The van der Waals surface area contributed by atoms with Gasteiger partial charge in [0.15, 0.2) is 0 Å². The van der Waals surface area contributed by atoms with E-state index in [0.29, 0.717) is 13.0 Å². The van der Waals surface area contributed by atoms with Crippen LogP contribution in [0.2, 0.25) is 0 Å². The van der Waals surface area contributed by atoms with E-state index in [1.165, 1.54) is 5.69 Å². The molecule has 2 amide bonds. The highest BCUT2D eigenvalue weighted by atomic mass is 16.4. The largest absolute Gasteiger partial charge is 0.481 e. The third-order valence-corrected chi connectivity index (χ3v) is 4.68. The van der Waals surface area contributed by atoms with Crippen LogP contribution in [-0.2, 0) is 4.79 Å². The zero-order valence-electron chi connectivity index (χ0n) is 15.5. The van der Waals surface area contributed by atoms with E-state index in [2.05, 4.69) is 44.7 Å². The van der Waals surface area contributed by atoms with Gasteiger partial charge in [-0.15, -0.1) is 0 Å². The van der Waals surface area contributed by atoms with E-state index in [-0.39, 0.29) is 18.5 Å². The van der Waals surface area contributed by atoms with E-state index in [1.54, 1.807) is 0 Å². The van der Waals surface area contributed by atoms with Gasteiger partial charge in [-0.3, -0.25) is 9.69 Å². The minimum Gasteiger partial charge on any atom is -0.481 e. The lowest BCUT2D eigenvalue weighted by Gasteiger charge is -2.36. The number of carbonyl (C=O) groups is 2. The van der Waals surface area contributed by atoms with Crippen molar-refractivity contribution in [2.75, 3.05) is 44.2 Å². The van der Waals surface area contributed by atoms with Gasteiger partial charge >= 0.3 is 12.0 Å². The number of benzene rings is 1. The van der Waals surface area contributed by atoms with Crippen molar-refractivity contribution < 1.29 is 14.7 Å². The minimum absolute atomic E-state index is 0.0460. The summed E-state index contributed by atoms with van der Waals surface area (Å²) in [6.45, 7) is 7.50. The summed E-state index contributed by atoms with van der Waals surface area (Å²) in [5.41, 5.74) is 1.28. The lowest BCUT2D eigenvalue weighted by Crippen LogP contribution is -2.47. The zero-order chi connectivity index (χ0) is 18.8. The summed E-state index contributed by atoms with van der Waals surface area (Å²) in [6.07, 6.45) is 1.44. The topological polar surface area (TPSA) is 84.9 Å². The number of carboxylic acid groups (broad SMARTS) is 1. The van der Waals surface area contributed by atoms with Crippen LogP contribution < -0.4 is 15.5 Å². The highest BCUT2D eigenvalue weighted by Crippen LogP contribution is 2.15. The van der Waals surface area contributed by atoms with Crippen molar-refractivity contribution in [1.82, 2.24) is 15.5 Å². The first kappa shape index (κ1) is 20.0. The van der Waals surface area contributed by atoms with Gasteiger partial charge in [0.1, 0.15) is 0 Å². The van der Waals surface area contributed by atoms with Crippen LogP contribution in [0.4, 0.5) is 10.5 Å². The Bertz CT molecular complexity index is 559. The van der Waals surface area contributed by atoms with Crippen LogP contribution in [0.5, 0.6) is 0 Å². The average Bonchev–Trinajstić information content (AvgIpc) is 2.65. The monoisotopic (exact) mass is 362 g/mol. The molecule has 0 aliphatic carbocycles. The number of aliphatic carboxylic acids is 1. The summed E-state index contributed by atoms with van der Waals surface area (Å²) in [5.74, 6) is -0.896. The highest BCUT2D eigenvalue weighted by molar-refractivity contribution is 5.75. The molecule has 1 saturated heterocycles. The molecule has 0 radical (unpaired) electrons. The number of amides is 2. The smallest absolute Gasteiger partial charge is 0.315 e. The number of piperazine rings is 1. The van der Waals surface area contributed by atoms with Crippen LogP contribution in [-0.4, -0.2) is 67.3 Å². The lowest BCUT2D eigenvalue weighted by molar-refractivity contribution is -0.137. The predicted octanol–water partition coefficient (Wildman–Crippen LogP) is 1.75. The van der Waals surface area contributed by atoms with Gasteiger partial charge in [-0.2, -0.15) is 0 Å². The van der Waals surface area contributed by atoms with Crippen LogP contribution in [0.25, 0.3) is 0 Å². The molecule has 1 unspecified atom stereocenters. The molecular formula is C19H30N4O3. The molecule has 1 aromatic rings. The number of carbonyl (C=O) groups excluding carboxylic acids is 1. The number of anilines is 1.